The van der Waals surface area contributed by atoms with E-state index in [4.69, 9.17) is 0 Å². The molecular weight excluding hydrogens is 320 g/mol. The van der Waals surface area contributed by atoms with Gasteiger partial charge in [0.2, 0.25) is 0 Å². The van der Waals surface area contributed by atoms with E-state index < -0.39 is 11.2 Å². The third-order valence-electron chi connectivity index (χ3n) is 2.59. The molecule has 0 spiro atoms. The Morgan fingerprint density at radius 1 is 1.39 bits per heavy atom. The fourth-order valence-corrected chi connectivity index (χ4v) is 3.18. The lowest BCUT2D eigenvalue weighted by atomic mass is 10.4. The Hall–Kier alpha value is -1.67. The second-order valence-corrected chi connectivity index (χ2v) is 5.47. The number of halogens is 1. The number of nitrogens with zero attached hydrogens (tertiary/aromatic N) is 2. The Labute approximate surface area is 112 Å². The second kappa shape index (κ2) is 3.92. The first-order valence-corrected chi connectivity index (χ1v) is 6.67. The van der Waals surface area contributed by atoms with Crippen molar-refractivity contribution >= 4 is 38.4 Å². The van der Waals surface area contributed by atoms with Gasteiger partial charge in [-0.05, 0) is 27.4 Å². The molecule has 0 fully saturated rings. The van der Waals surface area contributed by atoms with Gasteiger partial charge in [-0.3, -0.25) is 14.3 Å². The number of nitrogens with one attached hydrogen (secondary N) is 2. The van der Waals surface area contributed by atoms with Crippen LogP contribution in [0.1, 0.15) is 0 Å². The number of hydrogen-bond donors (Lipinski definition) is 2. The number of fused-ring (bicyclic) bond motifs is 1. The van der Waals surface area contributed by atoms with Crippen LogP contribution in [0, 0.1) is 0 Å². The summed E-state index contributed by atoms with van der Waals surface area (Å²) in [6, 6.07) is 1.90. The maximum absolute atomic E-state index is 11.7. The molecule has 0 saturated heterocycles. The quantitative estimate of drug-likeness (QED) is 0.709. The molecule has 3 heterocycles. The highest BCUT2D eigenvalue weighted by Gasteiger charge is 2.14. The number of hydrogen-bond acceptors (Lipinski definition) is 4. The van der Waals surface area contributed by atoms with E-state index in [-0.39, 0.29) is 0 Å². The Bertz CT molecular complexity index is 857. The summed E-state index contributed by atoms with van der Waals surface area (Å²) in [5.74, 6) is 0.568. The fraction of sp³-hybridized carbons (Fsp3) is 0.100. The zero-order chi connectivity index (χ0) is 12.9. The van der Waals surface area contributed by atoms with Crippen LogP contribution in [-0.4, -0.2) is 19.5 Å². The first-order valence-electron chi connectivity index (χ1n) is 5.00. The van der Waals surface area contributed by atoms with Crippen molar-refractivity contribution in [2.75, 3.05) is 0 Å². The van der Waals surface area contributed by atoms with E-state index in [9.17, 15) is 9.59 Å². The number of H-pyrrole nitrogens is 2. The molecule has 3 rings (SSSR count). The maximum Gasteiger partial charge on any atom is 0.329 e. The van der Waals surface area contributed by atoms with Crippen molar-refractivity contribution in [3.8, 4) is 10.7 Å². The molecule has 0 atom stereocenters. The van der Waals surface area contributed by atoms with Gasteiger partial charge in [0.05, 0.1) is 4.88 Å². The summed E-state index contributed by atoms with van der Waals surface area (Å²) < 4.78 is 2.20. The van der Waals surface area contributed by atoms with Gasteiger partial charge in [-0.2, -0.15) is 0 Å². The van der Waals surface area contributed by atoms with Crippen molar-refractivity contribution < 1.29 is 0 Å². The molecule has 18 heavy (non-hydrogen) atoms. The normalized spacial score (nSPS) is 11.2. The highest BCUT2D eigenvalue weighted by atomic mass is 79.9. The van der Waals surface area contributed by atoms with Gasteiger partial charge in [0.25, 0.3) is 5.56 Å². The van der Waals surface area contributed by atoms with Crippen LogP contribution >= 0.6 is 27.3 Å². The van der Waals surface area contributed by atoms with E-state index >= 15 is 0 Å². The van der Waals surface area contributed by atoms with Crippen molar-refractivity contribution in [3.05, 3.63) is 36.8 Å². The van der Waals surface area contributed by atoms with E-state index in [1.54, 1.807) is 7.05 Å². The highest BCUT2D eigenvalue weighted by molar-refractivity contribution is 9.10. The third kappa shape index (κ3) is 1.57. The molecular formula is C10H7BrN4O2S. The van der Waals surface area contributed by atoms with Crippen molar-refractivity contribution in [2.45, 2.75) is 0 Å². The van der Waals surface area contributed by atoms with Crippen LogP contribution in [0.3, 0.4) is 0 Å². The van der Waals surface area contributed by atoms with Gasteiger partial charge in [-0.1, -0.05) is 0 Å². The summed E-state index contributed by atoms with van der Waals surface area (Å²) in [5.41, 5.74) is -0.290. The Balaban J connectivity index is 2.40. The number of aromatic amines is 2. The van der Waals surface area contributed by atoms with Crippen LogP contribution < -0.4 is 11.2 Å². The number of aryl methyl sites for hydroxylation is 1. The van der Waals surface area contributed by atoms with Crippen molar-refractivity contribution in [1.82, 2.24) is 19.5 Å². The molecule has 3 aromatic rings. The predicted octanol–water partition coefficient (Wildman–Crippen LogP) is 1.44. The minimum absolute atomic E-state index is 0.299. The molecule has 0 aliphatic heterocycles. The zero-order valence-electron chi connectivity index (χ0n) is 9.15. The van der Waals surface area contributed by atoms with Crippen LogP contribution in [0.4, 0.5) is 0 Å². The Morgan fingerprint density at radius 3 is 2.83 bits per heavy atom. The second-order valence-electron chi connectivity index (χ2n) is 3.70. The monoisotopic (exact) mass is 326 g/mol. The van der Waals surface area contributed by atoms with E-state index in [0.29, 0.717) is 17.0 Å². The van der Waals surface area contributed by atoms with E-state index in [2.05, 4.69) is 30.9 Å². The average molecular weight is 327 g/mol. The first-order chi connectivity index (χ1) is 8.58. The molecule has 0 unspecified atom stereocenters. The van der Waals surface area contributed by atoms with Gasteiger partial charge in [0.1, 0.15) is 5.52 Å². The van der Waals surface area contributed by atoms with Crippen molar-refractivity contribution in [1.29, 1.82) is 0 Å². The molecule has 0 bridgehead atoms. The molecule has 0 radical (unpaired) electrons. The van der Waals surface area contributed by atoms with Crippen LogP contribution in [0.5, 0.6) is 0 Å². The molecule has 0 aromatic carbocycles. The van der Waals surface area contributed by atoms with Gasteiger partial charge in [-0.15, -0.1) is 11.3 Å². The van der Waals surface area contributed by atoms with Crippen molar-refractivity contribution in [3.63, 3.8) is 0 Å². The van der Waals surface area contributed by atoms with E-state index in [1.165, 1.54) is 15.9 Å². The number of aromatic nitrogens is 4. The molecule has 3 aromatic heterocycles. The number of imidazole rings is 1. The highest BCUT2D eigenvalue weighted by Crippen LogP contribution is 2.31. The Kier molecular flexibility index (Phi) is 2.49. The third-order valence-corrected chi connectivity index (χ3v) is 4.43. The summed E-state index contributed by atoms with van der Waals surface area (Å²) in [7, 11) is 1.56. The summed E-state index contributed by atoms with van der Waals surface area (Å²) in [6.45, 7) is 0. The largest absolute Gasteiger partial charge is 0.331 e. The fourth-order valence-electron chi connectivity index (χ4n) is 1.67. The predicted molar refractivity (Wildman–Crippen MR) is 73.0 cm³/mol. The van der Waals surface area contributed by atoms with E-state index in [1.807, 2.05) is 11.4 Å². The minimum atomic E-state index is -0.476. The topological polar surface area (TPSA) is 83.5 Å². The smallest absolute Gasteiger partial charge is 0.329 e. The molecule has 0 saturated carbocycles. The molecule has 0 aliphatic carbocycles. The molecule has 0 aliphatic rings. The van der Waals surface area contributed by atoms with Crippen LogP contribution in [0.15, 0.2) is 25.5 Å². The zero-order valence-corrected chi connectivity index (χ0v) is 11.6. The summed E-state index contributed by atoms with van der Waals surface area (Å²) >= 11 is 4.90. The summed E-state index contributed by atoms with van der Waals surface area (Å²) in [6.07, 6.45) is 0. The lowest BCUT2D eigenvalue weighted by Crippen LogP contribution is -2.28. The number of thiophene rings is 1. The molecule has 6 nitrogen and oxygen atoms in total. The van der Waals surface area contributed by atoms with Gasteiger partial charge in [0, 0.05) is 11.5 Å². The first kappa shape index (κ1) is 11.4. The van der Waals surface area contributed by atoms with Gasteiger partial charge < -0.3 is 4.98 Å². The maximum atomic E-state index is 11.7. The van der Waals surface area contributed by atoms with Gasteiger partial charge in [0.15, 0.2) is 11.5 Å². The van der Waals surface area contributed by atoms with Crippen LogP contribution in [0.25, 0.3) is 21.9 Å². The lowest BCUT2D eigenvalue weighted by Gasteiger charge is -1.94. The molecule has 2 N–H and O–H groups in total. The van der Waals surface area contributed by atoms with Gasteiger partial charge in [-0.25, -0.2) is 9.78 Å². The van der Waals surface area contributed by atoms with Crippen LogP contribution in [-0.2, 0) is 7.05 Å². The summed E-state index contributed by atoms with van der Waals surface area (Å²) in [4.78, 5) is 33.5. The van der Waals surface area contributed by atoms with Crippen molar-refractivity contribution in [2.24, 2.45) is 7.05 Å². The molecule has 8 heteroatoms. The molecule has 0 amide bonds. The summed E-state index contributed by atoms with van der Waals surface area (Å²) in [5, 5.41) is 1.91. The minimum Gasteiger partial charge on any atom is -0.331 e. The van der Waals surface area contributed by atoms with Gasteiger partial charge >= 0.3 is 5.69 Å². The number of rotatable bonds is 1. The Morgan fingerprint density at radius 2 is 2.17 bits per heavy atom. The van der Waals surface area contributed by atoms with Crippen LogP contribution in [0.2, 0.25) is 0 Å². The SMILES string of the molecule is Cn1c(=O)[nH]c(=O)c2[nH]c(-c3sccc3Br)nc21. The molecule has 92 valence electrons. The average Bonchev–Trinajstić information content (AvgIpc) is 2.92. The lowest BCUT2D eigenvalue weighted by molar-refractivity contribution is 0.832. The van der Waals surface area contributed by atoms with E-state index in [0.717, 1.165) is 9.35 Å². The standard InChI is InChI=1S/C10H7BrN4O2S/c1-15-8-5(9(16)14-10(15)17)12-7(13-8)6-4(11)2-3-18-6/h2-3H,1H3,(H,12,13)(H,14,16,17).